The number of allylic oxidation sites excluding steroid dienone is 2. The summed E-state index contributed by atoms with van der Waals surface area (Å²) in [6.07, 6.45) is 5.04. The Kier molecular flexibility index (Phi) is 2.84. The maximum Gasteiger partial charge on any atom is 0.317 e. The lowest BCUT2D eigenvalue weighted by atomic mass is 9.44. The van der Waals surface area contributed by atoms with Crippen molar-refractivity contribution in [3.8, 4) is 0 Å². The zero-order chi connectivity index (χ0) is 13.6. The first kappa shape index (κ1) is 12.9. The quantitative estimate of drug-likeness (QED) is 0.703. The molecular weight excluding hydrogens is 232 g/mol. The molecule has 2 rings (SSSR count). The van der Waals surface area contributed by atoms with Gasteiger partial charge < -0.3 is 9.47 Å². The van der Waals surface area contributed by atoms with E-state index in [1.807, 2.05) is 26.0 Å². The van der Waals surface area contributed by atoms with Crippen molar-refractivity contribution < 1.29 is 19.1 Å². The summed E-state index contributed by atoms with van der Waals surface area (Å²) in [5, 5.41) is 0. The minimum Gasteiger partial charge on any atom is -0.468 e. The lowest BCUT2D eigenvalue weighted by molar-refractivity contribution is -0.184. The molecule has 0 aliphatic heterocycles. The van der Waals surface area contributed by atoms with E-state index in [0.717, 1.165) is 11.1 Å². The fraction of sp³-hybridized carbons (Fsp3) is 0.571. The second-order valence-corrected chi connectivity index (χ2v) is 5.08. The first-order valence-electron chi connectivity index (χ1n) is 5.99. The molecule has 0 heterocycles. The van der Waals surface area contributed by atoms with Crippen molar-refractivity contribution in [3.63, 3.8) is 0 Å². The van der Waals surface area contributed by atoms with Gasteiger partial charge in [-0.25, -0.2) is 0 Å². The molecule has 18 heavy (non-hydrogen) atoms. The highest BCUT2D eigenvalue weighted by molar-refractivity contribution is 5.95. The molecule has 2 aliphatic rings. The average molecular weight is 250 g/mol. The standard InChI is InChI=1S/C14H18O4/c1-9-7-10(2)14(12(16)18-4)6-5-13(14,8-9)11(15)17-3/h7-8H,5-6H2,1-4H3. The third-order valence-electron chi connectivity index (χ3n) is 4.33. The van der Waals surface area contributed by atoms with E-state index in [2.05, 4.69) is 0 Å². The van der Waals surface area contributed by atoms with Gasteiger partial charge in [0, 0.05) is 0 Å². The van der Waals surface area contributed by atoms with E-state index in [0.29, 0.717) is 12.8 Å². The normalized spacial score (nSPS) is 33.6. The van der Waals surface area contributed by atoms with E-state index in [1.54, 1.807) is 0 Å². The second kappa shape index (κ2) is 3.97. The SMILES string of the molecule is COC(=O)C12C=C(C)C=C(C)C1(C(=O)OC)CC2. The van der Waals surface area contributed by atoms with Crippen LogP contribution in [-0.2, 0) is 19.1 Å². The predicted molar refractivity (Wildman–Crippen MR) is 65.6 cm³/mol. The summed E-state index contributed by atoms with van der Waals surface area (Å²) in [6, 6.07) is 0. The smallest absolute Gasteiger partial charge is 0.317 e. The summed E-state index contributed by atoms with van der Waals surface area (Å²) in [6.45, 7) is 3.80. The van der Waals surface area contributed by atoms with E-state index >= 15 is 0 Å². The topological polar surface area (TPSA) is 52.6 Å². The molecule has 0 aromatic rings. The van der Waals surface area contributed by atoms with Crippen molar-refractivity contribution in [2.24, 2.45) is 10.8 Å². The van der Waals surface area contributed by atoms with Gasteiger partial charge in [0.05, 0.1) is 14.2 Å². The minimum absolute atomic E-state index is 0.350. The fourth-order valence-corrected chi connectivity index (χ4v) is 3.42. The Bertz CT molecular complexity index is 474. The van der Waals surface area contributed by atoms with Crippen molar-refractivity contribution in [2.45, 2.75) is 26.7 Å². The number of carbonyl (C=O) groups excluding carboxylic acids is 2. The van der Waals surface area contributed by atoms with E-state index in [1.165, 1.54) is 14.2 Å². The van der Waals surface area contributed by atoms with Crippen LogP contribution in [0.3, 0.4) is 0 Å². The van der Waals surface area contributed by atoms with Crippen LogP contribution in [0.1, 0.15) is 26.7 Å². The van der Waals surface area contributed by atoms with Gasteiger partial charge in [-0.15, -0.1) is 0 Å². The summed E-state index contributed by atoms with van der Waals surface area (Å²) in [5.74, 6) is -0.706. The molecule has 0 bridgehead atoms. The van der Waals surface area contributed by atoms with Crippen LogP contribution in [0.4, 0.5) is 0 Å². The number of carbonyl (C=O) groups is 2. The Morgan fingerprint density at radius 2 is 1.72 bits per heavy atom. The number of esters is 2. The number of rotatable bonds is 2. The third-order valence-corrected chi connectivity index (χ3v) is 4.33. The van der Waals surface area contributed by atoms with Crippen molar-refractivity contribution in [1.29, 1.82) is 0 Å². The monoisotopic (exact) mass is 250 g/mol. The Labute approximate surface area is 107 Å². The largest absolute Gasteiger partial charge is 0.468 e. The molecule has 1 saturated carbocycles. The highest BCUT2D eigenvalue weighted by Crippen LogP contribution is 2.65. The van der Waals surface area contributed by atoms with Crippen LogP contribution >= 0.6 is 0 Å². The van der Waals surface area contributed by atoms with Gasteiger partial charge in [0.15, 0.2) is 0 Å². The molecule has 0 amide bonds. The third kappa shape index (κ3) is 1.26. The van der Waals surface area contributed by atoms with Gasteiger partial charge in [0.25, 0.3) is 0 Å². The molecule has 2 aliphatic carbocycles. The molecule has 0 N–H and O–H groups in total. The highest BCUT2D eigenvalue weighted by atomic mass is 16.5. The van der Waals surface area contributed by atoms with Crippen molar-refractivity contribution in [2.75, 3.05) is 14.2 Å². The molecule has 4 heteroatoms. The molecule has 0 aromatic carbocycles. The number of methoxy groups -OCH3 is 2. The van der Waals surface area contributed by atoms with Crippen LogP contribution in [-0.4, -0.2) is 26.2 Å². The Morgan fingerprint density at radius 1 is 1.11 bits per heavy atom. The molecule has 1 fully saturated rings. The molecule has 2 atom stereocenters. The lowest BCUT2D eigenvalue weighted by Gasteiger charge is -2.56. The van der Waals surface area contributed by atoms with Gasteiger partial charge in [-0.2, -0.15) is 0 Å². The lowest BCUT2D eigenvalue weighted by Crippen LogP contribution is -2.61. The molecular formula is C14H18O4. The van der Waals surface area contributed by atoms with Crippen molar-refractivity contribution >= 4 is 11.9 Å². The van der Waals surface area contributed by atoms with Gasteiger partial charge in [-0.05, 0) is 26.7 Å². The zero-order valence-corrected chi connectivity index (χ0v) is 11.2. The van der Waals surface area contributed by atoms with E-state index < -0.39 is 10.8 Å². The van der Waals surface area contributed by atoms with Crippen LogP contribution in [0.5, 0.6) is 0 Å². The van der Waals surface area contributed by atoms with Crippen LogP contribution in [0.25, 0.3) is 0 Å². The summed E-state index contributed by atoms with van der Waals surface area (Å²) in [5.41, 5.74) is 0.120. The number of ether oxygens (including phenoxy) is 2. The van der Waals surface area contributed by atoms with Crippen LogP contribution in [0.15, 0.2) is 23.3 Å². The van der Waals surface area contributed by atoms with E-state index in [9.17, 15) is 9.59 Å². The number of hydrogen-bond acceptors (Lipinski definition) is 4. The number of fused-ring (bicyclic) bond motifs is 1. The molecule has 0 spiro atoms. The molecule has 0 radical (unpaired) electrons. The zero-order valence-electron chi connectivity index (χ0n) is 11.2. The molecule has 2 unspecified atom stereocenters. The first-order chi connectivity index (χ1) is 8.44. The average Bonchev–Trinajstić information content (AvgIpc) is 2.32. The van der Waals surface area contributed by atoms with Crippen LogP contribution in [0, 0.1) is 10.8 Å². The van der Waals surface area contributed by atoms with Gasteiger partial charge in [0.1, 0.15) is 10.8 Å². The summed E-state index contributed by atoms with van der Waals surface area (Å²) in [4.78, 5) is 24.4. The van der Waals surface area contributed by atoms with Gasteiger partial charge in [0.2, 0.25) is 0 Å². The minimum atomic E-state index is -0.877. The maximum absolute atomic E-state index is 12.2. The van der Waals surface area contributed by atoms with Gasteiger partial charge in [-0.3, -0.25) is 9.59 Å². The highest BCUT2D eigenvalue weighted by Gasteiger charge is 2.69. The summed E-state index contributed by atoms with van der Waals surface area (Å²) >= 11 is 0. The van der Waals surface area contributed by atoms with E-state index in [4.69, 9.17) is 9.47 Å². The fourth-order valence-electron chi connectivity index (χ4n) is 3.42. The summed E-state index contributed by atoms with van der Waals surface area (Å²) < 4.78 is 9.84. The molecule has 4 nitrogen and oxygen atoms in total. The van der Waals surface area contributed by atoms with Gasteiger partial charge in [-0.1, -0.05) is 23.3 Å². The van der Waals surface area contributed by atoms with Crippen molar-refractivity contribution in [1.82, 2.24) is 0 Å². The summed E-state index contributed by atoms with van der Waals surface area (Å²) in [7, 11) is 2.71. The number of hydrogen-bond donors (Lipinski definition) is 0. The van der Waals surface area contributed by atoms with Gasteiger partial charge >= 0.3 is 11.9 Å². The Hall–Kier alpha value is -1.58. The molecule has 0 saturated heterocycles. The van der Waals surface area contributed by atoms with Crippen molar-refractivity contribution in [3.05, 3.63) is 23.3 Å². The van der Waals surface area contributed by atoms with Crippen LogP contribution in [0.2, 0.25) is 0 Å². The Morgan fingerprint density at radius 3 is 2.17 bits per heavy atom. The predicted octanol–water partition coefficient (Wildman–Crippen LogP) is 2.01. The molecule has 0 aromatic heterocycles. The van der Waals surface area contributed by atoms with E-state index in [-0.39, 0.29) is 11.9 Å². The maximum atomic E-state index is 12.2. The second-order valence-electron chi connectivity index (χ2n) is 5.08. The van der Waals surface area contributed by atoms with Crippen LogP contribution < -0.4 is 0 Å². The Balaban J connectivity index is 2.59. The molecule has 98 valence electrons. The first-order valence-corrected chi connectivity index (χ1v) is 5.99.